The molecule has 1 saturated carbocycles. The number of likely N-dealkylation sites (tertiary alicyclic amines) is 1. The van der Waals surface area contributed by atoms with Gasteiger partial charge in [0.1, 0.15) is 5.82 Å². The first-order valence-corrected chi connectivity index (χ1v) is 10.7. The average Bonchev–Trinajstić information content (AvgIpc) is 3.12. The summed E-state index contributed by atoms with van der Waals surface area (Å²) >= 11 is 0. The zero-order chi connectivity index (χ0) is 21.3. The molecule has 2 aliphatic rings. The molecule has 1 aliphatic heterocycles. The van der Waals surface area contributed by atoms with Crippen molar-refractivity contribution in [2.45, 2.75) is 32.1 Å². The maximum absolute atomic E-state index is 13.3. The second-order valence-electron chi connectivity index (χ2n) is 9.00. The minimum absolute atomic E-state index is 0.0820. The lowest BCUT2D eigenvalue weighted by Gasteiger charge is -2.33. The monoisotopic (exact) mass is 408 g/mol. The molecule has 0 aromatic heterocycles. The van der Waals surface area contributed by atoms with E-state index in [1.807, 2.05) is 23.1 Å². The van der Waals surface area contributed by atoms with Gasteiger partial charge in [-0.05, 0) is 54.5 Å². The van der Waals surface area contributed by atoms with Crippen LogP contribution in [-0.4, -0.2) is 48.8 Å². The van der Waals surface area contributed by atoms with Gasteiger partial charge < -0.3 is 9.80 Å². The number of benzene rings is 2. The summed E-state index contributed by atoms with van der Waals surface area (Å²) in [7, 11) is 3.57. The molecule has 0 radical (unpaired) electrons. The number of halogens is 1. The summed E-state index contributed by atoms with van der Waals surface area (Å²) in [6.45, 7) is 1.13. The van der Waals surface area contributed by atoms with Gasteiger partial charge in [-0.1, -0.05) is 42.8 Å². The molecule has 0 spiro atoms. The van der Waals surface area contributed by atoms with Crippen molar-refractivity contribution in [2.75, 3.05) is 27.2 Å². The first-order chi connectivity index (χ1) is 14.4. The number of hydrogen-bond donors (Lipinski definition) is 0. The van der Waals surface area contributed by atoms with Crippen LogP contribution in [0.3, 0.4) is 0 Å². The minimum Gasteiger partial charge on any atom is -0.348 e. The van der Waals surface area contributed by atoms with Gasteiger partial charge in [0.25, 0.3) is 0 Å². The van der Waals surface area contributed by atoms with E-state index in [1.165, 1.54) is 12.1 Å². The standard InChI is InChI=1S/C25H29FN2O2/c1-27(2)24(30)25(13-14-28(17-25)23(29)20-6-4-7-20)16-18-5-3-8-21(15-18)19-9-11-22(26)12-10-19/h3,5,8-12,15,20H,4,6-7,13-14,16-17H2,1-2H3/t25-/m1/s1. The first kappa shape index (κ1) is 20.6. The third kappa shape index (κ3) is 3.98. The maximum atomic E-state index is 13.3. The van der Waals surface area contributed by atoms with E-state index in [9.17, 15) is 14.0 Å². The van der Waals surface area contributed by atoms with Crippen LogP contribution >= 0.6 is 0 Å². The van der Waals surface area contributed by atoms with Crippen LogP contribution < -0.4 is 0 Å². The van der Waals surface area contributed by atoms with Crippen molar-refractivity contribution in [2.24, 2.45) is 11.3 Å². The van der Waals surface area contributed by atoms with E-state index in [1.54, 1.807) is 31.1 Å². The summed E-state index contributed by atoms with van der Waals surface area (Å²) in [6, 6.07) is 14.5. The van der Waals surface area contributed by atoms with E-state index in [2.05, 4.69) is 6.07 Å². The van der Waals surface area contributed by atoms with Crippen LogP contribution in [-0.2, 0) is 16.0 Å². The molecular formula is C25H29FN2O2. The predicted molar refractivity (Wildman–Crippen MR) is 115 cm³/mol. The Kier molecular flexibility index (Phi) is 5.63. The number of amides is 2. The zero-order valence-corrected chi connectivity index (χ0v) is 17.7. The molecule has 1 heterocycles. The molecule has 4 nitrogen and oxygen atoms in total. The van der Waals surface area contributed by atoms with Crippen LogP contribution in [0.2, 0.25) is 0 Å². The average molecular weight is 409 g/mol. The first-order valence-electron chi connectivity index (χ1n) is 10.7. The van der Waals surface area contributed by atoms with Gasteiger partial charge in [-0.25, -0.2) is 4.39 Å². The molecule has 4 rings (SSSR count). The molecule has 1 saturated heterocycles. The fourth-order valence-electron chi connectivity index (χ4n) is 4.74. The Bertz CT molecular complexity index is 936. The highest BCUT2D eigenvalue weighted by Gasteiger charge is 2.47. The van der Waals surface area contributed by atoms with E-state index in [0.29, 0.717) is 25.9 Å². The van der Waals surface area contributed by atoms with Crippen molar-refractivity contribution >= 4 is 11.8 Å². The summed E-state index contributed by atoms with van der Waals surface area (Å²) in [4.78, 5) is 29.6. The summed E-state index contributed by atoms with van der Waals surface area (Å²) in [5, 5.41) is 0. The number of nitrogens with zero attached hydrogens (tertiary/aromatic N) is 2. The van der Waals surface area contributed by atoms with Crippen LogP contribution in [0.25, 0.3) is 11.1 Å². The second-order valence-corrected chi connectivity index (χ2v) is 9.00. The Morgan fingerprint density at radius 3 is 2.47 bits per heavy atom. The normalized spacial score (nSPS) is 21.4. The van der Waals surface area contributed by atoms with E-state index >= 15 is 0 Å². The number of rotatable bonds is 5. The van der Waals surface area contributed by atoms with Gasteiger partial charge in [-0.3, -0.25) is 9.59 Å². The number of carbonyl (C=O) groups is 2. The molecule has 0 N–H and O–H groups in total. The maximum Gasteiger partial charge on any atom is 0.230 e. The topological polar surface area (TPSA) is 40.6 Å². The van der Waals surface area contributed by atoms with Crippen molar-refractivity contribution in [1.29, 1.82) is 0 Å². The lowest BCUT2D eigenvalue weighted by Crippen LogP contribution is -2.46. The lowest BCUT2D eigenvalue weighted by atomic mass is 9.79. The van der Waals surface area contributed by atoms with Crippen LogP contribution in [0.15, 0.2) is 48.5 Å². The molecule has 30 heavy (non-hydrogen) atoms. The molecule has 2 aromatic carbocycles. The van der Waals surface area contributed by atoms with E-state index in [0.717, 1.165) is 36.0 Å². The molecule has 0 unspecified atom stereocenters. The molecule has 1 atom stereocenters. The van der Waals surface area contributed by atoms with Gasteiger partial charge in [0.2, 0.25) is 11.8 Å². The van der Waals surface area contributed by atoms with Gasteiger partial charge in [0.05, 0.1) is 5.41 Å². The highest BCUT2D eigenvalue weighted by molar-refractivity contribution is 5.86. The summed E-state index contributed by atoms with van der Waals surface area (Å²) in [5.41, 5.74) is 2.41. The predicted octanol–water partition coefficient (Wildman–Crippen LogP) is 4.14. The quantitative estimate of drug-likeness (QED) is 0.746. The fraction of sp³-hybridized carbons (Fsp3) is 0.440. The molecule has 2 aromatic rings. The Labute approximate surface area is 177 Å². The van der Waals surface area contributed by atoms with Crippen LogP contribution in [0.4, 0.5) is 4.39 Å². The zero-order valence-electron chi connectivity index (χ0n) is 17.7. The van der Waals surface area contributed by atoms with Crippen molar-refractivity contribution in [1.82, 2.24) is 9.80 Å². The number of hydrogen-bond acceptors (Lipinski definition) is 2. The van der Waals surface area contributed by atoms with Gasteiger partial charge in [0, 0.05) is 33.1 Å². The summed E-state index contributed by atoms with van der Waals surface area (Å²) in [5.74, 6) is 0.193. The van der Waals surface area contributed by atoms with Crippen molar-refractivity contribution in [3.8, 4) is 11.1 Å². The van der Waals surface area contributed by atoms with Gasteiger partial charge in [-0.15, -0.1) is 0 Å². The summed E-state index contributed by atoms with van der Waals surface area (Å²) < 4.78 is 13.3. The summed E-state index contributed by atoms with van der Waals surface area (Å²) in [6.07, 6.45) is 4.35. The van der Waals surface area contributed by atoms with E-state index in [4.69, 9.17) is 0 Å². The third-order valence-corrected chi connectivity index (χ3v) is 6.63. The Balaban J connectivity index is 1.58. The van der Waals surface area contributed by atoms with Gasteiger partial charge >= 0.3 is 0 Å². The Morgan fingerprint density at radius 1 is 1.10 bits per heavy atom. The smallest absolute Gasteiger partial charge is 0.230 e. The molecule has 0 bridgehead atoms. The van der Waals surface area contributed by atoms with Crippen LogP contribution in [0, 0.1) is 17.2 Å². The van der Waals surface area contributed by atoms with Gasteiger partial charge in [-0.2, -0.15) is 0 Å². The second kappa shape index (κ2) is 8.21. The van der Waals surface area contributed by atoms with Gasteiger partial charge in [0.15, 0.2) is 0 Å². The fourth-order valence-corrected chi connectivity index (χ4v) is 4.74. The molecule has 158 valence electrons. The van der Waals surface area contributed by atoms with Crippen molar-refractivity contribution in [3.05, 3.63) is 59.9 Å². The minimum atomic E-state index is -0.593. The molecule has 2 amide bonds. The van der Waals surface area contributed by atoms with Crippen molar-refractivity contribution in [3.63, 3.8) is 0 Å². The van der Waals surface area contributed by atoms with E-state index < -0.39 is 5.41 Å². The Hall–Kier alpha value is -2.69. The highest BCUT2D eigenvalue weighted by atomic mass is 19.1. The SMILES string of the molecule is CN(C)C(=O)[C@@]1(Cc2cccc(-c3ccc(F)cc3)c2)CCN(C(=O)C2CCC2)C1. The van der Waals surface area contributed by atoms with Crippen LogP contribution in [0.5, 0.6) is 0 Å². The Morgan fingerprint density at radius 2 is 1.83 bits per heavy atom. The molecule has 1 aliphatic carbocycles. The largest absolute Gasteiger partial charge is 0.348 e. The number of carbonyl (C=O) groups excluding carboxylic acids is 2. The molecular weight excluding hydrogens is 379 g/mol. The lowest BCUT2D eigenvalue weighted by molar-refractivity contribution is -0.141. The molecule has 2 fully saturated rings. The third-order valence-electron chi connectivity index (χ3n) is 6.63. The highest BCUT2D eigenvalue weighted by Crippen LogP contribution is 2.39. The van der Waals surface area contributed by atoms with Crippen LogP contribution in [0.1, 0.15) is 31.2 Å². The van der Waals surface area contributed by atoms with E-state index in [-0.39, 0.29) is 23.5 Å². The van der Waals surface area contributed by atoms with Crippen molar-refractivity contribution < 1.29 is 14.0 Å². The molecule has 5 heteroatoms.